The second-order valence-electron chi connectivity index (χ2n) is 9.80. The Morgan fingerprint density at radius 2 is 1.95 bits per heavy atom. The number of carboxylic acids is 1. The summed E-state index contributed by atoms with van der Waals surface area (Å²) in [4.78, 5) is 24.3. The van der Waals surface area contributed by atoms with Crippen molar-refractivity contribution in [1.82, 2.24) is 10.3 Å². The van der Waals surface area contributed by atoms with Crippen LogP contribution in [0.25, 0.3) is 11.5 Å². The van der Waals surface area contributed by atoms with Gasteiger partial charge in [-0.05, 0) is 49.8 Å². The first kappa shape index (κ1) is 26.8. The van der Waals surface area contributed by atoms with Crippen molar-refractivity contribution in [3.63, 3.8) is 0 Å². The number of carbonyl (C=O) groups is 2. The van der Waals surface area contributed by atoms with Crippen molar-refractivity contribution in [2.75, 3.05) is 5.32 Å². The van der Waals surface area contributed by atoms with Crippen LogP contribution in [0.2, 0.25) is 5.02 Å². The summed E-state index contributed by atoms with van der Waals surface area (Å²) in [6.07, 6.45) is 1.52. The van der Waals surface area contributed by atoms with Crippen LogP contribution < -0.4 is 5.32 Å². The van der Waals surface area contributed by atoms with E-state index in [-0.39, 0.29) is 42.5 Å². The molecular weight excluding hydrogens is 508 g/mol. The predicted octanol–water partition coefficient (Wildman–Crippen LogP) is 6.89. The zero-order valence-electron chi connectivity index (χ0n) is 20.7. The summed E-state index contributed by atoms with van der Waals surface area (Å²) in [5.41, 5.74) is 2.56. The molecule has 2 heterocycles. The SMILES string of the molecule is Cc1ccc(NC(=O)C[C@H](CCC(=O)O)c2noc(-c3cc(C(F)(F)C(C)C)on3)c2C2CC2)c(Cl)c1. The van der Waals surface area contributed by atoms with E-state index in [1.165, 1.54) is 13.8 Å². The zero-order valence-corrected chi connectivity index (χ0v) is 21.4. The van der Waals surface area contributed by atoms with Crippen LogP contribution in [0.3, 0.4) is 0 Å². The number of nitrogens with one attached hydrogen (secondary N) is 1. The van der Waals surface area contributed by atoms with Crippen molar-refractivity contribution in [1.29, 1.82) is 0 Å². The first-order chi connectivity index (χ1) is 17.5. The molecule has 2 N–H and O–H groups in total. The van der Waals surface area contributed by atoms with Gasteiger partial charge in [-0.3, -0.25) is 9.59 Å². The number of anilines is 1. The molecule has 1 saturated carbocycles. The first-order valence-electron chi connectivity index (χ1n) is 12.1. The molecule has 8 nitrogen and oxygen atoms in total. The molecule has 0 saturated heterocycles. The second kappa shape index (κ2) is 10.6. The molecule has 11 heteroatoms. The maximum absolute atomic E-state index is 14.5. The van der Waals surface area contributed by atoms with E-state index in [1.807, 2.05) is 13.0 Å². The number of carboxylic acid groups (broad SMARTS) is 1. The summed E-state index contributed by atoms with van der Waals surface area (Å²) in [6, 6.07) is 6.38. The van der Waals surface area contributed by atoms with Gasteiger partial charge in [-0.1, -0.05) is 41.8 Å². The third-order valence-electron chi connectivity index (χ3n) is 6.46. The van der Waals surface area contributed by atoms with Crippen molar-refractivity contribution in [3.8, 4) is 11.5 Å². The van der Waals surface area contributed by atoms with E-state index in [2.05, 4.69) is 15.6 Å². The summed E-state index contributed by atoms with van der Waals surface area (Å²) in [5.74, 6) is -6.51. The third kappa shape index (κ3) is 6.01. The van der Waals surface area contributed by atoms with Gasteiger partial charge in [0.1, 0.15) is 0 Å². The van der Waals surface area contributed by atoms with Crippen LogP contribution in [0, 0.1) is 12.8 Å². The van der Waals surface area contributed by atoms with Crippen molar-refractivity contribution in [3.05, 3.63) is 51.9 Å². The molecule has 0 radical (unpaired) electrons. The number of carbonyl (C=O) groups excluding carboxylic acids is 1. The molecule has 3 aromatic rings. The fourth-order valence-electron chi connectivity index (χ4n) is 4.16. The number of rotatable bonds is 11. The van der Waals surface area contributed by atoms with Crippen LogP contribution in [-0.4, -0.2) is 27.3 Å². The van der Waals surface area contributed by atoms with Crippen LogP contribution in [0.4, 0.5) is 14.5 Å². The van der Waals surface area contributed by atoms with E-state index in [0.29, 0.717) is 22.0 Å². The van der Waals surface area contributed by atoms with E-state index in [1.54, 1.807) is 12.1 Å². The lowest BCUT2D eigenvalue weighted by Crippen LogP contribution is -2.19. The van der Waals surface area contributed by atoms with E-state index in [9.17, 15) is 23.5 Å². The number of benzene rings is 1. The summed E-state index contributed by atoms with van der Waals surface area (Å²) in [6.45, 7) is 4.64. The quantitative estimate of drug-likeness (QED) is 0.274. The molecule has 1 amide bonds. The van der Waals surface area contributed by atoms with Crippen molar-refractivity contribution >= 4 is 29.2 Å². The summed E-state index contributed by atoms with van der Waals surface area (Å²) in [5, 5.41) is 20.4. The minimum absolute atomic E-state index is 0.0453. The van der Waals surface area contributed by atoms with Gasteiger partial charge in [0, 0.05) is 36.3 Å². The van der Waals surface area contributed by atoms with Crippen LogP contribution in [0.15, 0.2) is 33.3 Å². The van der Waals surface area contributed by atoms with Crippen LogP contribution in [0.5, 0.6) is 0 Å². The number of hydrogen-bond donors (Lipinski definition) is 2. The molecule has 0 unspecified atom stereocenters. The van der Waals surface area contributed by atoms with Gasteiger partial charge >= 0.3 is 11.9 Å². The van der Waals surface area contributed by atoms with Crippen molar-refractivity contribution in [2.24, 2.45) is 5.92 Å². The van der Waals surface area contributed by atoms with Crippen LogP contribution >= 0.6 is 11.6 Å². The molecule has 2 aromatic heterocycles. The second-order valence-corrected chi connectivity index (χ2v) is 10.2. The third-order valence-corrected chi connectivity index (χ3v) is 6.77. The predicted molar refractivity (Wildman–Crippen MR) is 132 cm³/mol. The van der Waals surface area contributed by atoms with Gasteiger partial charge in [-0.15, -0.1) is 0 Å². The number of aliphatic carboxylic acids is 1. The molecule has 37 heavy (non-hydrogen) atoms. The topological polar surface area (TPSA) is 118 Å². The molecule has 0 spiro atoms. The highest BCUT2D eigenvalue weighted by atomic mass is 35.5. The van der Waals surface area contributed by atoms with Gasteiger partial charge in [0.15, 0.2) is 11.5 Å². The summed E-state index contributed by atoms with van der Waals surface area (Å²) in [7, 11) is 0. The van der Waals surface area contributed by atoms with Gasteiger partial charge in [0.05, 0.1) is 16.4 Å². The van der Waals surface area contributed by atoms with E-state index in [0.717, 1.165) is 24.5 Å². The van der Waals surface area contributed by atoms with Crippen LogP contribution in [-0.2, 0) is 15.5 Å². The highest BCUT2D eigenvalue weighted by Crippen LogP contribution is 2.49. The smallest absolute Gasteiger partial charge is 0.309 e. The van der Waals surface area contributed by atoms with Gasteiger partial charge in [0.2, 0.25) is 11.7 Å². The monoisotopic (exact) mass is 535 g/mol. The molecule has 0 bridgehead atoms. The molecule has 198 valence electrons. The minimum atomic E-state index is -3.22. The normalized spacial score (nSPS) is 14.7. The molecule has 1 fully saturated rings. The Morgan fingerprint density at radius 1 is 1.22 bits per heavy atom. The Labute approximate surface area is 217 Å². The number of hydrogen-bond acceptors (Lipinski definition) is 6. The number of amides is 1. The zero-order chi connectivity index (χ0) is 26.9. The van der Waals surface area contributed by atoms with Gasteiger partial charge in [-0.25, -0.2) is 0 Å². The number of aromatic nitrogens is 2. The van der Waals surface area contributed by atoms with Crippen molar-refractivity contribution < 1.29 is 32.5 Å². The Bertz CT molecular complexity index is 1300. The van der Waals surface area contributed by atoms with E-state index < -0.39 is 29.5 Å². The number of alkyl halides is 2. The highest BCUT2D eigenvalue weighted by Gasteiger charge is 2.42. The van der Waals surface area contributed by atoms with Crippen molar-refractivity contribution in [2.45, 2.75) is 70.6 Å². The molecule has 1 aliphatic carbocycles. The standard InChI is InChI=1S/C26H28ClF2N3O5/c1-13(2)26(28,29)20-12-19(31-36-20)25-23(15-5-6-15)24(32-37-25)16(7-9-22(34)35)11-21(33)30-18-8-4-14(3)10-17(18)27/h4,8,10,12-13,15-16H,5-7,9,11H2,1-3H3,(H,30,33)(H,34,35)/t16-/m0/s1. The highest BCUT2D eigenvalue weighted by molar-refractivity contribution is 6.33. The Hall–Kier alpha value is -3.27. The summed E-state index contributed by atoms with van der Waals surface area (Å²) >= 11 is 6.24. The first-order valence-corrected chi connectivity index (χ1v) is 12.5. The fourth-order valence-corrected chi connectivity index (χ4v) is 4.44. The lowest BCUT2D eigenvalue weighted by atomic mass is 9.90. The lowest BCUT2D eigenvalue weighted by Gasteiger charge is -2.16. The fraction of sp³-hybridized carbons (Fsp3) is 0.462. The molecule has 1 aromatic carbocycles. The Kier molecular flexibility index (Phi) is 7.68. The Morgan fingerprint density at radius 3 is 2.57 bits per heavy atom. The van der Waals surface area contributed by atoms with E-state index in [4.69, 9.17) is 20.6 Å². The van der Waals surface area contributed by atoms with Crippen LogP contribution in [0.1, 0.15) is 80.4 Å². The molecule has 1 aliphatic rings. The number of halogens is 3. The average Bonchev–Trinajstić information content (AvgIpc) is 3.36. The van der Waals surface area contributed by atoms with Gasteiger partial charge in [-0.2, -0.15) is 8.78 Å². The molecule has 1 atom stereocenters. The largest absolute Gasteiger partial charge is 0.481 e. The summed E-state index contributed by atoms with van der Waals surface area (Å²) < 4.78 is 39.5. The average molecular weight is 536 g/mol. The molecule has 0 aliphatic heterocycles. The molecular formula is C26H28ClF2N3O5. The lowest BCUT2D eigenvalue weighted by molar-refractivity contribution is -0.137. The number of aryl methyl sites for hydroxylation is 1. The Balaban J connectivity index is 1.63. The maximum atomic E-state index is 14.5. The van der Waals surface area contributed by atoms with E-state index >= 15 is 0 Å². The maximum Gasteiger partial charge on any atom is 0.309 e. The molecule has 4 rings (SSSR count). The van der Waals surface area contributed by atoms with Gasteiger partial charge < -0.3 is 19.5 Å². The van der Waals surface area contributed by atoms with Gasteiger partial charge in [0.25, 0.3) is 0 Å². The minimum Gasteiger partial charge on any atom is -0.481 e. The number of nitrogens with zero attached hydrogens (tertiary/aromatic N) is 2.